The number of likely N-dealkylation sites (N-methyl/N-ethyl adjacent to an activating group) is 1. The van der Waals surface area contributed by atoms with E-state index in [4.69, 9.17) is 0 Å². The summed E-state index contributed by atoms with van der Waals surface area (Å²) in [6.45, 7) is 3.88. The molecule has 0 bridgehead atoms. The third kappa shape index (κ3) is 3.79. The Morgan fingerprint density at radius 3 is 2.65 bits per heavy atom. The first-order valence-corrected chi connectivity index (χ1v) is 8.49. The Balaban J connectivity index is 1.96. The molecule has 0 spiro atoms. The van der Waals surface area contributed by atoms with Gasteiger partial charge in [0.05, 0.1) is 11.5 Å². The lowest BCUT2D eigenvalue weighted by atomic mass is 10.2. The summed E-state index contributed by atoms with van der Waals surface area (Å²) >= 11 is 0. The molecule has 0 aliphatic heterocycles. The van der Waals surface area contributed by atoms with Crippen LogP contribution in [0.4, 0.5) is 0 Å². The normalized spacial score (nSPS) is 15.8. The van der Waals surface area contributed by atoms with E-state index in [0.29, 0.717) is 18.2 Å². The molecule has 5 nitrogen and oxygen atoms in total. The van der Waals surface area contributed by atoms with Crippen LogP contribution in [0.1, 0.15) is 25.3 Å². The predicted octanol–water partition coefficient (Wildman–Crippen LogP) is 0.941. The lowest BCUT2D eigenvalue weighted by molar-refractivity contribution is 0.278. The van der Waals surface area contributed by atoms with Gasteiger partial charge in [-0.05, 0) is 31.0 Å². The van der Waals surface area contributed by atoms with Crippen LogP contribution in [0.5, 0.6) is 0 Å². The number of aliphatic hydroxyl groups is 1. The molecule has 1 fully saturated rings. The summed E-state index contributed by atoms with van der Waals surface area (Å²) in [5, 5.41) is 9.21. The Morgan fingerprint density at radius 2 is 2.05 bits per heavy atom. The van der Waals surface area contributed by atoms with Crippen LogP contribution in [0.25, 0.3) is 0 Å². The number of hydrogen-bond acceptors (Lipinski definition) is 4. The highest BCUT2D eigenvalue weighted by Gasteiger charge is 2.27. The summed E-state index contributed by atoms with van der Waals surface area (Å²) in [4.78, 5) is 2.46. The summed E-state index contributed by atoms with van der Waals surface area (Å²) in [7, 11) is -3.55. The van der Waals surface area contributed by atoms with Gasteiger partial charge in [0.2, 0.25) is 10.0 Å². The molecule has 0 amide bonds. The van der Waals surface area contributed by atoms with Gasteiger partial charge in [-0.2, -0.15) is 0 Å². The van der Waals surface area contributed by atoms with Gasteiger partial charge in [-0.1, -0.05) is 25.1 Å². The number of nitrogens with zero attached hydrogens (tertiary/aromatic N) is 1. The van der Waals surface area contributed by atoms with E-state index in [0.717, 1.165) is 13.1 Å². The van der Waals surface area contributed by atoms with Crippen LogP contribution in [-0.2, 0) is 16.6 Å². The fourth-order valence-electron chi connectivity index (χ4n) is 2.34. The highest BCUT2D eigenvalue weighted by molar-refractivity contribution is 7.89. The minimum atomic E-state index is -3.55. The average Bonchev–Trinajstić information content (AvgIpc) is 3.28. The molecule has 0 unspecified atom stereocenters. The molecule has 112 valence electrons. The van der Waals surface area contributed by atoms with Crippen molar-refractivity contribution in [2.45, 2.75) is 37.3 Å². The van der Waals surface area contributed by atoms with Gasteiger partial charge < -0.3 is 5.11 Å². The zero-order chi connectivity index (χ0) is 14.6. The first kappa shape index (κ1) is 15.4. The highest BCUT2D eigenvalue weighted by Crippen LogP contribution is 2.25. The first-order chi connectivity index (χ1) is 9.58. The summed E-state index contributed by atoms with van der Waals surface area (Å²) in [5.41, 5.74) is 0.426. The Labute approximate surface area is 120 Å². The third-order valence-corrected chi connectivity index (χ3v) is 5.15. The van der Waals surface area contributed by atoms with E-state index in [-0.39, 0.29) is 11.5 Å². The number of rotatable bonds is 8. The maximum Gasteiger partial charge on any atom is 0.240 e. The van der Waals surface area contributed by atoms with Gasteiger partial charge in [0.25, 0.3) is 0 Å². The van der Waals surface area contributed by atoms with Gasteiger partial charge in [-0.25, -0.2) is 13.1 Å². The monoisotopic (exact) mass is 298 g/mol. The van der Waals surface area contributed by atoms with Gasteiger partial charge in [0.15, 0.2) is 0 Å². The second-order valence-corrected chi connectivity index (χ2v) is 6.76. The molecule has 6 heteroatoms. The molecule has 1 aliphatic rings. The molecule has 1 saturated carbocycles. The lowest BCUT2D eigenvalue weighted by Gasteiger charge is -2.20. The quantitative estimate of drug-likeness (QED) is 0.749. The second-order valence-electron chi connectivity index (χ2n) is 5.02. The molecule has 0 aromatic heterocycles. The standard InChI is InChI=1S/C14H22N2O3S/c1-2-16(13-7-8-13)10-9-15-20(18,19)14-6-4-3-5-12(14)11-17/h3-6,13,15,17H,2,7-11H2,1H3. The number of hydrogen-bond donors (Lipinski definition) is 2. The molecule has 1 aromatic rings. The zero-order valence-electron chi connectivity index (χ0n) is 11.7. The van der Waals surface area contributed by atoms with E-state index in [1.54, 1.807) is 18.2 Å². The fraction of sp³-hybridized carbons (Fsp3) is 0.571. The lowest BCUT2D eigenvalue weighted by Crippen LogP contribution is -2.36. The average molecular weight is 298 g/mol. The highest BCUT2D eigenvalue weighted by atomic mass is 32.2. The van der Waals surface area contributed by atoms with Crippen molar-refractivity contribution in [3.63, 3.8) is 0 Å². The molecule has 1 aliphatic carbocycles. The van der Waals surface area contributed by atoms with Crippen LogP contribution in [0.3, 0.4) is 0 Å². The molecule has 20 heavy (non-hydrogen) atoms. The number of nitrogens with one attached hydrogen (secondary N) is 1. The van der Waals surface area contributed by atoms with Crippen molar-refractivity contribution >= 4 is 10.0 Å². The largest absolute Gasteiger partial charge is 0.392 e. The minimum Gasteiger partial charge on any atom is -0.392 e. The van der Waals surface area contributed by atoms with Crippen molar-refractivity contribution < 1.29 is 13.5 Å². The second kappa shape index (κ2) is 6.67. The van der Waals surface area contributed by atoms with Crippen molar-refractivity contribution in [2.24, 2.45) is 0 Å². The Morgan fingerprint density at radius 1 is 1.35 bits per heavy atom. The van der Waals surface area contributed by atoms with Crippen molar-refractivity contribution in [1.29, 1.82) is 0 Å². The van der Waals surface area contributed by atoms with Crippen molar-refractivity contribution in [3.05, 3.63) is 29.8 Å². The van der Waals surface area contributed by atoms with Crippen LogP contribution in [-0.4, -0.2) is 44.1 Å². The van der Waals surface area contributed by atoms with E-state index < -0.39 is 10.0 Å². The molecular weight excluding hydrogens is 276 g/mol. The van der Waals surface area contributed by atoms with E-state index in [9.17, 15) is 13.5 Å². The molecule has 0 saturated heterocycles. The Kier molecular flexibility index (Phi) is 5.15. The molecular formula is C14H22N2O3S. The van der Waals surface area contributed by atoms with Crippen LogP contribution < -0.4 is 4.72 Å². The molecule has 2 rings (SSSR count). The molecule has 0 atom stereocenters. The summed E-state index contributed by atoms with van der Waals surface area (Å²) in [5.74, 6) is 0. The molecule has 0 radical (unpaired) electrons. The SMILES string of the molecule is CCN(CCNS(=O)(=O)c1ccccc1CO)C1CC1. The van der Waals surface area contributed by atoms with Crippen molar-refractivity contribution in [3.8, 4) is 0 Å². The zero-order valence-corrected chi connectivity index (χ0v) is 12.6. The van der Waals surface area contributed by atoms with E-state index in [2.05, 4.69) is 16.5 Å². The van der Waals surface area contributed by atoms with Gasteiger partial charge >= 0.3 is 0 Å². The Hall–Kier alpha value is -0.950. The van der Waals surface area contributed by atoms with Crippen molar-refractivity contribution in [1.82, 2.24) is 9.62 Å². The van der Waals surface area contributed by atoms with E-state index in [1.807, 2.05) is 0 Å². The van der Waals surface area contributed by atoms with Gasteiger partial charge in [-0.15, -0.1) is 0 Å². The number of sulfonamides is 1. The fourth-order valence-corrected chi connectivity index (χ4v) is 3.59. The van der Waals surface area contributed by atoms with Gasteiger partial charge in [0.1, 0.15) is 0 Å². The maximum atomic E-state index is 12.2. The van der Waals surface area contributed by atoms with Crippen LogP contribution >= 0.6 is 0 Å². The van der Waals surface area contributed by atoms with Crippen LogP contribution in [0.2, 0.25) is 0 Å². The number of aliphatic hydroxyl groups excluding tert-OH is 1. The molecule has 1 aromatic carbocycles. The smallest absolute Gasteiger partial charge is 0.240 e. The van der Waals surface area contributed by atoms with Gasteiger partial charge in [0, 0.05) is 19.1 Å². The van der Waals surface area contributed by atoms with Crippen LogP contribution in [0, 0.1) is 0 Å². The summed E-state index contributed by atoms with van der Waals surface area (Å²) in [6.07, 6.45) is 2.43. The maximum absolute atomic E-state index is 12.2. The van der Waals surface area contributed by atoms with E-state index >= 15 is 0 Å². The first-order valence-electron chi connectivity index (χ1n) is 7.01. The summed E-state index contributed by atoms with van der Waals surface area (Å²) in [6, 6.07) is 7.16. The van der Waals surface area contributed by atoms with Gasteiger partial charge in [-0.3, -0.25) is 4.90 Å². The molecule has 2 N–H and O–H groups in total. The minimum absolute atomic E-state index is 0.164. The number of benzene rings is 1. The Bertz CT molecular complexity index is 541. The molecule has 0 heterocycles. The topological polar surface area (TPSA) is 69.6 Å². The summed E-state index contributed by atoms with van der Waals surface area (Å²) < 4.78 is 27.1. The predicted molar refractivity (Wildman–Crippen MR) is 77.8 cm³/mol. The van der Waals surface area contributed by atoms with Crippen LogP contribution in [0.15, 0.2) is 29.2 Å². The third-order valence-electron chi connectivity index (χ3n) is 3.59. The van der Waals surface area contributed by atoms with E-state index in [1.165, 1.54) is 18.9 Å². The van der Waals surface area contributed by atoms with Crippen molar-refractivity contribution in [2.75, 3.05) is 19.6 Å².